The summed E-state index contributed by atoms with van der Waals surface area (Å²) in [5, 5.41) is 5.87. The molecule has 3 aromatic rings. The molecule has 0 unspecified atom stereocenters. The van der Waals surface area contributed by atoms with Gasteiger partial charge in [-0.2, -0.15) is 0 Å². The van der Waals surface area contributed by atoms with Crippen molar-refractivity contribution in [3.8, 4) is 11.5 Å². The molecule has 2 aliphatic rings. The molecule has 198 valence electrons. The van der Waals surface area contributed by atoms with Crippen molar-refractivity contribution in [1.82, 2.24) is 5.32 Å². The van der Waals surface area contributed by atoms with Crippen LogP contribution in [0.5, 0.6) is 11.5 Å². The van der Waals surface area contributed by atoms with Gasteiger partial charge in [0.1, 0.15) is 12.4 Å². The van der Waals surface area contributed by atoms with E-state index in [-0.39, 0.29) is 24.5 Å². The molecule has 0 spiro atoms. The van der Waals surface area contributed by atoms with Crippen LogP contribution in [0.15, 0.2) is 71.3 Å². The van der Waals surface area contributed by atoms with Gasteiger partial charge >= 0.3 is 0 Å². The number of carbonyl (C=O) groups excluding carboxylic acids is 3. The van der Waals surface area contributed by atoms with E-state index in [0.717, 1.165) is 32.1 Å². The summed E-state index contributed by atoms with van der Waals surface area (Å²) in [6.45, 7) is 1.41. The number of nitrogens with one attached hydrogen (secondary N) is 2. The number of rotatable bonds is 7. The first kappa shape index (κ1) is 25.4. The first-order valence-corrected chi connectivity index (χ1v) is 12.9. The summed E-state index contributed by atoms with van der Waals surface area (Å²) >= 11 is 0. The van der Waals surface area contributed by atoms with Gasteiger partial charge in [-0.05, 0) is 61.4 Å². The Balaban J connectivity index is 1.51. The van der Waals surface area contributed by atoms with Crippen LogP contribution in [0.2, 0.25) is 0 Å². The minimum Gasteiger partial charge on any atom is -0.485 e. The van der Waals surface area contributed by atoms with Gasteiger partial charge in [0, 0.05) is 24.3 Å². The molecule has 2 N–H and O–H groups in total. The average Bonchev–Trinajstić information content (AvgIpc) is 3.46. The van der Waals surface area contributed by atoms with Crippen molar-refractivity contribution >= 4 is 29.1 Å². The van der Waals surface area contributed by atoms with E-state index in [0.29, 0.717) is 28.6 Å². The molecule has 2 aromatic carbocycles. The zero-order valence-electron chi connectivity index (χ0n) is 21.2. The van der Waals surface area contributed by atoms with Gasteiger partial charge < -0.3 is 24.5 Å². The topological polar surface area (TPSA) is 110 Å². The Bertz CT molecular complexity index is 1270. The highest BCUT2D eigenvalue weighted by atomic mass is 16.6. The SMILES string of the molecule is CC(=O)Nc1ccc(N(C(=O)[C@@H]2COc3ccccc3O2)[C@H](C(=O)NC2CCCCC2)c2ccco2)cc1. The average molecular weight is 518 g/mol. The fraction of sp³-hybridized carbons (Fsp3) is 0.345. The molecule has 2 heterocycles. The maximum Gasteiger partial charge on any atom is 0.272 e. The summed E-state index contributed by atoms with van der Waals surface area (Å²) in [6.07, 6.45) is 5.54. The predicted octanol–water partition coefficient (Wildman–Crippen LogP) is 4.60. The quantitative estimate of drug-likeness (QED) is 0.474. The van der Waals surface area contributed by atoms with Crippen LogP contribution in [0.3, 0.4) is 0 Å². The van der Waals surface area contributed by atoms with Crippen molar-refractivity contribution in [2.45, 2.75) is 57.2 Å². The lowest BCUT2D eigenvalue weighted by Crippen LogP contribution is -2.52. The lowest BCUT2D eigenvalue weighted by Gasteiger charge is -2.35. The third kappa shape index (κ3) is 5.66. The Morgan fingerprint density at radius 3 is 2.34 bits per heavy atom. The molecule has 0 radical (unpaired) electrons. The van der Waals surface area contributed by atoms with E-state index in [1.807, 2.05) is 6.07 Å². The highest BCUT2D eigenvalue weighted by Crippen LogP contribution is 2.35. The van der Waals surface area contributed by atoms with E-state index in [9.17, 15) is 14.4 Å². The van der Waals surface area contributed by atoms with Crippen molar-refractivity contribution in [2.24, 2.45) is 0 Å². The third-order valence-corrected chi connectivity index (χ3v) is 6.76. The fourth-order valence-electron chi connectivity index (χ4n) is 4.96. The summed E-state index contributed by atoms with van der Waals surface area (Å²) < 4.78 is 17.5. The lowest BCUT2D eigenvalue weighted by molar-refractivity contribution is -0.132. The summed E-state index contributed by atoms with van der Waals surface area (Å²) in [5.74, 6) is 0.349. The number of ether oxygens (including phenoxy) is 2. The summed E-state index contributed by atoms with van der Waals surface area (Å²) in [6, 6.07) is 16.2. The van der Waals surface area contributed by atoms with Crippen LogP contribution in [0, 0.1) is 0 Å². The van der Waals surface area contributed by atoms with E-state index < -0.39 is 18.1 Å². The molecule has 0 bridgehead atoms. The van der Waals surface area contributed by atoms with Crippen molar-refractivity contribution in [1.29, 1.82) is 0 Å². The Morgan fingerprint density at radius 2 is 1.66 bits per heavy atom. The monoisotopic (exact) mass is 517 g/mol. The number of anilines is 2. The molecule has 0 saturated heterocycles. The first-order valence-electron chi connectivity index (χ1n) is 12.9. The minimum absolute atomic E-state index is 0.00849. The Labute approximate surface area is 221 Å². The van der Waals surface area contributed by atoms with Gasteiger partial charge in [0.05, 0.1) is 6.26 Å². The maximum absolute atomic E-state index is 14.1. The second-order valence-electron chi connectivity index (χ2n) is 9.56. The Morgan fingerprint density at radius 1 is 0.921 bits per heavy atom. The first-order chi connectivity index (χ1) is 18.5. The minimum atomic E-state index is -1.08. The van der Waals surface area contributed by atoms with Crippen LogP contribution in [0.4, 0.5) is 11.4 Å². The number of hydrogen-bond donors (Lipinski definition) is 2. The van der Waals surface area contributed by atoms with E-state index in [1.54, 1.807) is 54.6 Å². The largest absolute Gasteiger partial charge is 0.485 e. The van der Waals surface area contributed by atoms with Crippen LogP contribution in [-0.2, 0) is 14.4 Å². The van der Waals surface area contributed by atoms with Crippen molar-refractivity contribution < 1.29 is 28.3 Å². The molecule has 9 heteroatoms. The lowest BCUT2D eigenvalue weighted by atomic mass is 9.95. The van der Waals surface area contributed by atoms with Gasteiger partial charge in [-0.1, -0.05) is 31.4 Å². The zero-order chi connectivity index (χ0) is 26.5. The van der Waals surface area contributed by atoms with Gasteiger partial charge in [-0.15, -0.1) is 0 Å². The van der Waals surface area contributed by atoms with E-state index in [1.165, 1.54) is 18.1 Å². The Kier molecular flexibility index (Phi) is 7.62. The van der Waals surface area contributed by atoms with Crippen LogP contribution >= 0.6 is 0 Å². The number of hydrogen-bond acceptors (Lipinski definition) is 6. The van der Waals surface area contributed by atoms with Gasteiger partial charge in [0.2, 0.25) is 12.0 Å². The normalized spacial score (nSPS) is 17.8. The molecular weight excluding hydrogens is 486 g/mol. The van der Waals surface area contributed by atoms with Crippen LogP contribution in [0.25, 0.3) is 0 Å². The maximum atomic E-state index is 14.1. The highest BCUT2D eigenvalue weighted by Gasteiger charge is 2.41. The van der Waals surface area contributed by atoms with Crippen LogP contribution in [0.1, 0.15) is 50.8 Å². The van der Waals surface area contributed by atoms with Gasteiger partial charge in [0.25, 0.3) is 11.8 Å². The molecule has 9 nitrogen and oxygen atoms in total. The molecule has 38 heavy (non-hydrogen) atoms. The number of carbonyl (C=O) groups is 3. The molecule has 1 aromatic heterocycles. The molecule has 1 saturated carbocycles. The number of amides is 3. The number of benzene rings is 2. The van der Waals surface area contributed by atoms with E-state index in [4.69, 9.17) is 13.9 Å². The van der Waals surface area contributed by atoms with Crippen LogP contribution < -0.4 is 25.0 Å². The van der Waals surface area contributed by atoms with Crippen LogP contribution in [-0.4, -0.2) is 36.5 Å². The molecular formula is C29H31N3O6. The molecule has 1 aliphatic heterocycles. The Hall–Kier alpha value is -4.27. The summed E-state index contributed by atoms with van der Waals surface area (Å²) in [4.78, 5) is 40.9. The van der Waals surface area contributed by atoms with Crippen molar-refractivity contribution in [3.05, 3.63) is 72.7 Å². The third-order valence-electron chi connectivity index (χ3n) is 6.76. The fourth-order valence-corrected chi connectivity index (χ4v) is 4.96. The second kappa shape index (κ2) is 11.4. The molecule has 1 aliphatic carbocycles. The highest BCUT2D eigenvalue weighted by molar-refractivity contribution is 6.03. The predicted molar refractivity (Wildman–Crippen MR) is 141 cm³/mol. The summed E-state index contributed by atoms with van der Waals surface area (Å²) in [5.41, 5.74) is 1.02. The van der Waals surface area contributed by atoms with Crippen molar-refractivity contribution in [2.75, 3.05) is 16.8 Å². The number of nitrogens with zero attached hydrogens (tertiary/aromatic N) is 1. The van der Waals surface area contributed by atoms with Crippen molar-refractivity contribution in [3.63, 3.8) is 0 Å². The van der Waals surface area contributed by atoms with Gasteiger partial charge in [0.15, 0.2) is 17.5 Å². The molecule has 2 atom stereocenters. The smallest absolute Gasteiger partial charge is 0.272 e. The number of fused-ring (bicyclic) bond motifs is 1. The van der Waals surface area contributed by atoms with Gasteiger partial charge in [-0.3, -0.25) is 19.3 Å². The second-order valence-corrected chi connectivity index (χ2v) is 9.56. The number of furan rings is 1. The standard InChI is InChI=1S/C29H31N3O6/c1-19(33)30-21-13-15-22(16-14-21)32(29(35)26-18-37-23-10-5-6-11-24(23)38-26)27(25-12-7-17-36-25)28(34)31-20-8-3-2-4-9-20/h5-7,10-17,20,26-27H,2-4,8-9,18H2,1H3,(H,30,33)(H,31,34)/t26-,27-/m0/s1. The van der Waals surface area contributed by atoms with E-state index in [2.05, 4.69) is 10.6 Å². The molecule has 3 amide bonds. The molecule has 1 fully saturated rings. The zero-order valence-corrected chi connectivity index (χ0v) is 21.2. The van der Waals surface area contributed by atoms with E-state index >= 15 is 0 Å². The molecule has 5 rings (SSSR count). The van der Waals surface area contributed by atoms with Gasteiger partial charge in [-0.25, -0.2) is 0 Å². The number of para-hydroxylation sites is 2. The summed E-state index contributed by atoms with van der Waals surface area (Å²) in [7, 11) is 0.